The van der Waals surface area contributed by atoms with Crippen LogP contribution in [0.1, 0.15) is 26.3 Å². The average molecular weight is 367 g/mol. The zero-order chi connectivity index (χ0) is 19.5. The predicted molar refractivity (Wildman–Crippen MR) is 104 cm³/mol. The third kappa shape index (κ3) is 2.60. The van der Waals surface area contributed by atoms with Gasteiger partial charge in [-0.15, -0.1) is 0 Å². The molecular formula is C20H25N5O2. The molecule has 2 atom stereocenters. The van der Waals surface area contributed by atoms with Crippen LogP contribution in [0.2, 0.25) is 0 Å². The van der Waals surface area contributed by atoms with E-state index in [-0.39, 0.29) is 17.9 Å². The number of imide groups is 1. The van der Waals surface area contributed by atoms with Crippen molar-refractivity contribution in [2.24, 2.45) is 10.9 Å². The fraction of sp³-hybridized carbons (Fsp3) is 0.450. The lowest BCUT2D eigenvalue weighted by atomic mass is 10.1. The highest BCUT2D eigenvalue weighted by molar-refractivity contribution is 6.09. The van der Waals surface area contributed by atoms with Crippen LogP contribution in [-0.4, -0.2) is 58.4 Å². The molecule has 0 radical (unpaired) electrons. The van der Waals surface area contributed by atoms with E-state index in [1.807, 2.05) is 55.8 Å². The molecule has 3 heterocycles. The first kappa shape index (κ1) is 17.6. The third-order valence-corrected chi connectivity index (χ3v) is 5.23. The Kier molecular flexibility index (Phi) is 3.98. The van der Waals surface area contributed by atoms with Gasteiger partial charge >= 0.3 is 6.03 Å². The van der Waals surface area contributed by atoms with Gasteiger partial charge < -0.3 is 9.80 Å². The summed E-state index contributed by atoms with van der Waals surface area (Å²) in [4.78, 5) is 37.5. The van der Waals surface area contributed by atoms with Gasteiger partial charge in [0.2, 0.25) is 5.96 Å². The van der Waals surface area contributed by atoms with Gasteiger partial charge in [0.15, 0.2) is 12.2 Å². The van der Waals surface area contributed by atoms with Crippen molar-refractivity contribution in [1.29, 1.82) is 0 Å². The maximum atomic E-state index is 13.2. The number of guanidine groups is 1. The molecule has 1 aromatic rings. The normalized spacial score (nSPS) is 24.5. The summed E-state index contributed by atoms with van der Waals surface area (Å²) < 4.78 is 0. The molecule has 0 aliphatic carbocycles. The highest BCUT2D eigenvalue weighted by Gasteiger charge is 2.54. The van der Waals surface area contributed by atoms with E-state index >= 15 is 0 Å². The molecule has 0 saturated carbocycles. The topological polar surface area (TPSA) is 59.5 Å². The van der Waals surface area contributed by atoms with Crippen molar-refractivity contribution in [3.05, 3.63) is 41.7 Å². The van der Waals surface area contributed by atoms with E-state index in [1.54, 1.807) is 11.9 Å². The van der Waals surface area contributed by atoms with Crippen LogP contribution in [0.3, 0.4) is 0 Å². The van der Waals surface area contributed by atoms with Crippen LogP contribution in [0.15, 0.2) is 41.2 Å². The summed E-state index contributed by atoms with van der Waals surface area (Å²) in [5.74, 6) is 0.737. The Bertz CT molecular complexity index is 858. The number of amides is 3. The quantitative estimate of drug-likeness (QED) is 0.824. The second-order valence-corrected chi connectivity index (χ2v) is 7.87. The summed E-state index contributed by atoms with van der Waals surface area (Å²) >= 11 is 0. The minimum absolute atomic E-state index is 0.176. The second-order valence-electron chi connectivity index (χ2n) is 7.87. The zero-order valence-corrected chi connectivity index (χ0v) is 16.4. The average Bonchev–Trinajstić information content (AvgIpc) is 3.12. The molecule has 7 heteroatoms. The van der Waals surface area contributed by atoms with Gasteiger partial charge in [0.05, 0.1) is 0 Å². The molecule has 3 amide bonds. The van der Waals surface area contributed by atoms with E-state index in [9.17, 15) is 9.59 Å². The molecule has 1 aromatic carbocycles. The summed E-state index contributed by atoms with van der Waals surface area (Å²) in [5, 5.41) is 0. The van der Waals surface area contributed by atoms with Crippen LogP contribution < -0.4 is 4.90 Å². The fourth-order valence-corrected chi connectivity index (χ4v) is 3.90. The van der Waals surface area contributed by atoms with Gasteiger partial charge in [0, 0.05) is 31.2 Å². The zero-order valence-electron chi connectivity index (χ0n) is 16.4. The third-order valence-electron chi connectivity index (χ3n) is 5.23. The van der Waals surface area contributed by atoms with Crippen LogP contribution in [0, 0.1) is 12.8 Å². The number of aliphatic imine (C=N–C) groups is 1. The highest BCUT2D eigenvalue weighted by atomic mass is 16.2. The Labute approximate surface area is 159 Å². The Morgan fingerprint density at radius 2 is 1.78 bits per heavy atom. The molecule has 2 unspecified atom stereocenters. The maximum absolute atomic E-state index is 13.2. The number of allylic oxidation sites excluding steroid dienone is 1. The lowest BCUT2D eigenvalue weighted by molar-refractivity contribution is -0.137. The molecule has 4 rings (SSSR count). The monoisotopic (exact) mass is 367 g/mol. The summed E-state index contributed by atoms with van der Waals surface area (Å²) in [6.07, 6.45) is 1.46. The number of urea groups is 1. The van der Waals surface area contributed by atoms with Gasteiger partial charge in [0.25, 0.3) is 5.91 Å². The molecule has 27 heavy (non-hydrogen) atoms. The number of fused-ring (bicyclic) bond motifs is 3. The largest absolute Gasteiger partial charge is 0.328 e. The van der Waals surface area contributed by atoms with Crippen molar-refractivity contribution < 1.29 is 9.59 Å². The van der Waals surface area contributed by atoms with Gasteiger partial charge in [-0.1, -0.05) is 31.5 Å². The number of aryl methyl sites for hydroxylation is 1. The van der Waals surface area contributed by atoms with Crippen molar-refractivity contribution in [3.8, 4) is 0 Å². The van der Waals surface area contributed by atoms with Crippen LogP contribution >= 0.6 is 0 Å². The van der Waals surface area contributed by atoms with E-state index in [4.69, 9.17) is 4.99 Å². The highest BCUT2D eigenvalue weighted by Crippen LogP contribution is 2.36. The van der Waals surface area contributed by atoms with E-state index in [2.05, 4.69) is 12.1 Å². The number of benzene rings is 1. The fourth-order valence-electron chi connectivity index (χ4n) is 3.90. The number of carbonyl (C=O) groups excluding carboxylic acids is 2. The summed E-state index contributed by atoms with van der Waals surface area (Å²) in [5.41, 5.74) is 3.18. The summed E-state index contributed by atoms with van der Waals surface area (Å²) in [6, 6.07) is 7.41. The molecule has 1 fully saturated rings. The van der Waals surface area contributed by atoms with Gasteiger partial charge in [0.1, 0.15) is 0 Å². The molecule has 0 N–H and O–H groups in total. The first-order valence-corrected chi connectivity index (χ1v) is 9.29. The van der Waals surface area contributed by atoms with Crippen molar-refractivity contribution in [3.63, 3.8) is 0 Å². The number of anilines is 1. The first-order chi connectivity index (χ1) is 12.8. The Hall–Kier alpha value is -2.83. The lowest BCUT2D eigenvalue weighted by Crippen LogP contribution is -2.64. The maximum Gasteiger partial charge on any atom is 0.328 e. The lowest BCUT2D eigenvalue weighted by Gasteiger charge is -2.40. The Morgan fingerprint density at radius 1 is 1.11 bits per heavy atom. The Balaban J connectivity index is 1.70. The van der Waals surface area contributed by atoms with Crippen molar-refractivity contribution in [1.82, 2.24) is 14.7 Å². The number of nitrogens with zero attached hydrogens (tertiary/aromatic N) is 5. The summed E-state index contributed by atoms with van der Waals surface area (Å²) in [7, 11) is 1.72. The molecule has 3 aliphatic heterocycles. The minimum atomic E-state index is -0.508. The number of hydrogen-bond acceptors (Lipinski definition) is 5. The molecule has 142 valence electrons. The molecular weight excluding hydrogens is 342 g/mol. The van der Waals surface area contributed by atoms with E-state index in [1.165, 1.54) is 10.5 Å². The SMILES string of the molecule is CC1=CN2C(=NC3C2C(=O)N(CC(C)C)C(=O)N3C)N1c1ccc(C)cc1. The first-order valence-electron chi connectivity index (χ1n) is 9.29. The van der Waals surface area contributed by atoms with Gasteiger partial charge in [-0.2, -0.15) is 0 Å². The van der Waals surface area contributed by atoms with E-state index < -0.39 is 12.2 Å². The van der Waals surface area contributed by atoms with Crippen LogP contribution in [0.25, 0.3) is 0 Å². The van der Waals surface area contributed by atoms with E-state index in [0.717, 1.165) is 11.4 Å². The molecule has 0 bridgehead atoms. The predicted octanol–water partition coefficient (Wildman–Crippen LogP) is 2.59. The summed E-state index contributed by atoms with van der Waals surface area (Å²) in [6.45, 7) is 8.47. The smallest absolute Gasteiger partial charge is 0.302 e. The van der Waals surface area contributed by atoms with E-state index in [0.29, 0.717) is 12.5 Å². The van der Waals surface area contributed by atoms with Crippen molar-refractivity contribution in [2.75, 3.05) is 18.5 Å². The van der Waals surface area contributed by atoms with Crippen molar-refractivity contribution >= 4 is 23.6 Å². The number of hydrogen-bond donors (Lipinski definition) is 0. The van der Waals surface area contributed by atoms with Gasteiger partial charge in [-0.25, -0.2) is 9.79 Å². The minimum Gasteiger partial charge on any atom is -0.302 e. The number of rotatable bonds is 3. The second kappa shape index (κ2) is 6.11. The molecule has 0 spiro atoms. The molecule has 7 nitrogen and oxygen atoms in total. The molecule has 0 aromatic heterocycles. The standard InChI is InChI=1S/C20H25N5O2/c1-12(2)10-24-18(26)16-17(22(5)20(24)27)21-19-23(16)11-14(4)25(19)15-8-6-13(3)7-9-15/h6-9,11-12,16-17H,10H2,1-5H3. The Morgan fingerprint density at radius 3 is 2.41 bits per heavy atom. The van der Waals surface area contributed by atoms with Crippen LogP contribution in [0.4, 0.5) is 10.5 Å². The number of likely N-dealkylation sites (N-methyl/N-ethyl adjacent to an activating group) is 1. The van der Waals surface area contributed by atoms with Crippen LogP contribution in [0.5, 0.6) is 0 Å². The molecule has 1 saturated heterocycles. The van der Waals surface area contributed by atoms with Gasteiger partial charge in [-0.3, -0.25) is 14.6 Å². The van der Waals surface area contributed by atoms with Gasteiger partial charge in [-0.05, 0) is 31.9 Å². The number of carbonyl (C=O) groups is 2. The van der Waals surface area contributed by atoms with Crippen LogP contribution in [-0.2, 0) is 4.79 Å². The molecule has 3 aliphatic rings. The van der Waals surface area contributed by atoms with Crippen molar-refractivity contribution in [2.45, 2.75) is 39.9 Å².